The Labute approximate surface area is 133 Å². The maximum absolute atomic E-state index is 12.4. The summed E-state index contributed by atoms with van der Waals surface area (Å²) < 4.78 is 0. The average molecular weight is 316 g/mol. The van der Waals surface area contributed by atoms with Gasteiger partial charge in [-0.15, -0.1) is 6.58 Å². The van der Waals surface area contributed by atoms with Crippen LogP contribution in [0.3, 0.4) is 0 Å². The van der Waals surface area contributed by atoms with Crippen LogP contribution in [0.25, 0.3) is 6.08 Å². The first-order chi connectivity index (χ1) is 10.3. The van der Waals surface area contributed by atoms with E-state index in [4.69, 9.17) is 12.2 Å². The first-order valence-corrected chi connectivity index (χ1v) is 7.06. The Morgan fingerprint density at radius 1 is 1.32 bits per heavy atom. The molecule has 2 amide bonds. The van der Waals surface area contributed by atoms with Gasteiger partial charge in [-0.1, -0.05) is 6.08 Å². The minimum atomic E-state index is -0.529. The highest BCUT2D eigenvalue weighted by atomic mass is 32.1. The molecule has 1 fully saturated rings. The topological polar surface area (TPSA) is 69.6 Å². The third-order valence-electron chi connectivity index (χ3n) is 3.32. The highest BCUT2D eigenvalue weighted by Crippen LogP contribution is 2.25. The predicted molar refractivity (Wildman–Crippen MR) is 88.2 cm³/mol. The molecule has 1 aliphatic heterocycles. The fourth-order valence-corrected chi connectivity index (χ4v) is 2.48. The van der Waals surface area contributed by atoms with Gasteiger partial charge in [-0.05, 0) is 61.0 Å². The number of carbonyl (C=O) groups excluding carboxylic acids is 2. The molecule has 1 saturated heterocycles. The van der Waals surface area contributed by atoms with Crippen molar-refractivity contribution in [2.45, 2.75) is 13.8 Å². The van der Waals surface area contributed by atoms with E-state index in [2.05, 4.69) is 11.9 Å². The molecule has 5 nitrogen and oxygen atoms in total. The lowest BCUT2D eigenvalue weighted by Gasteiger charge is -2.27. The number of amides is 2. The van der Waals surface area contributed by atoms with E-state index in [0.717, 1.165) is 0 Å². The van der Waals surface area contributed by atoms with E-state index < -0.39 is 11.8 Å². The smallest absolute Gasteiger partial charge is 0.265 e. The Kier molecular flexibility index (Phi) is 4.42. The molecule has 0 aliphatic carbocycles. The minimum Gasteiger partial charge on any atom is -0.507 e. The van der Waals surface area contributed by atoms with Gasteiger partial charge in [0.05, 0.1) is 0 Å². The second-order valence-electron chi connectivity index (χ2n) is 5.03. The standard InChI is InChI=1S/C16H16N2O3S/c1-4-5-18-15(21)12(14(20)17-16(18)22)8-11-6-9(2)13(19)10(3)7-11/h4,6-8,19H,1,5H2,2-3H3,(H,17,20,22)/b12-8-. The van der Waals surface area contributed by atoms with Gasteiger partial charge in [0, 0.05) is 6.54 Å². The Morgan fingerprint density at radius 3 is 2.45 bits per heavy atom. The molecule has 0 bridgehead atoms. The zero-order valence-corrected chi connectivity index (χ0v) is 13.2. The number of rotatable bonds is 3. The number of benzene rings is 1. The molecule has 114 valence electrons. The molecule has 1 aliphatic rings. The molecule has 22 heavy (non-hydrogen) atoms. The maximum atomic E-state index is 12.4. The largest absolute Gasteiger partial charge is 0.507 e. The number of phenolic OH excluding ortho intramolecular Hbond substituents is 1. The molecule has 1 aromatic rings. The van der Waals surface area contributed by atoms with Gasteiger partial charge in [-0.2, -0.15) is 0 Å². The van der Waals surface area contributed by atoms with Gasteiger partial charge in [0.2, 0.25) is 0 Å². The third kappa shape index (κ3) is 2.92. The maximum Gasteiger partial charge on any atom is 0.265 e. The van der Waals surface area contributed by atoms with Crippen LogP contribution in [-0.4, -0.2) is 33.5 Å². The summed E-state index contributed by atoms with van der Waals surface area (Å²) in [7, 11) is 0. The lowest BCUT2D eigenvalue weighted by atomic mass is 10.0. The number of aryl methyl sites for hydroxylation is 2. The van der Waals surface area contributed by atoms with Crippen LogP contribution < -0.4 is 5.32 Å². The molecule has 0 aromatic heterocycles. The summed E-state index contributed by atoms with van der Waals surface area (Å²) in [5.41, 5.74) is 2.01. The molecular formula is C16H16N2O3S. The van der Waals surface area contributed by atoms with Crippen molar-refractivity contribution in [3.8, 4) is 5.75 Å². The van der Waals surface area contributed by atoms with Crippen molar-refractivity contribution in [3.63, 3.8) is 0 Å². The van der Waals surface area contributed by atoms with Crippen molar-refractivity contribution in [2.24, 2.45) is 0 Å². The van der Waals surface area contributed by atoms with E-state index in [-0.39, 0.29) is 23.0 Å². The number of carbonyl (C=O) groups is 2. The van der Waals surface area contributed by atoms with E-state index >= 15 is 0 Å². The quantitative estimate of drug-likeness (QED) is 0.386. The number of hydrogen-bond acceptors (Lipinski definition) is 4. The van der Waals surface area contributed by atoms with Gasteiger partial charge in [0.1, 0.15) is 11.3 Å². The zero-order chi connectivity index (χ0) is 16.4. The lowest BCUT2D eigenvalue weighted by molar-refractivity contribution is -0.128. The van der Waals surface area contributed by atoms with Crippen LogP contribution in [-0.2, 0) is 9.59 Å². The van der Waals surface area contributed by atoms with E-state index in [9.17, 15) is 14.7 Å². The Bertz CT molecular complexity index is 699. The van der Waals surface area contributed by atoms with E-state index in [0.29, 0.717) is 16.7 Å². The van der Waals surface area contributed by atoms with Gasteiger partial charge in [0.15, 0.2) is 5.11 Å². The van der Waals surface area contributed by atoms with Crippen LogP contribution in [0.5, 0.6) is 5.75 Å². The van der Waals surface area contributed by atoms with Crippen molar-refractivity contribution in [1.82, 2.24) is 10.2 Å². The van der Waals surface area contributed by atoms with Crippen LogP contribution >= 0.6 is 12.2 Å². The van der Waals surface area contributed by atoms with Crippen molar-refractivity contribution < 1.29 is 14.7 Å². The van der Waals surface area contributed by atoms with Crippen LogP contribution in [0.4, 0.5) is 0 Å². The Hall–Kier alpha value is -2.47. The fraction of sp³-hybridized carbons (Fsp3) is 0.188. The third-order valence-corrected chi connectivity index (χ3v) is 3.64. The van der Waals surface area contributed by atoms with Crippen molar-refractivity contribution in [2.75, 3.05) is 6.54 Å². The highest BCUT2D eigenvalue weighted by molar-refractivity contribution is 7.80. The summed E-state index contributed by atoms with van der Waals surface area (Å²) in [5, 5.41) is 12.3. The predicted octanol–water partition coefficient (Wildman–Crippen LogP) is 1.82. The Balaban J connectivity index is 2.45. The summed E-state index contributed by atoms with van der Waals surface area (Å²) in [6.07, 6.45) is 3.03. The number of thiocarbonyl (C=S) groups is 1. The molecule has 6 heteroatoms. The summed E-state index contributed by atoms with van der Waals surface area (Å²) in [5.74, 6) is -0.785. The number of nitrogens with one attached hydrogen (secondary N) is 1. The number of hydrogen-bond donors (Lipinski definition) is 2. The molecule has 2 N–H and O–H groups in total. The zero-order valence-electron chi connectivity index (χ0n) is 12.3. The number of nitrogens with zero attached hydrogens (tertiary/aromatic N) is 1. The second kappa shape index (κ2) is 6.11. The van der Waals surface area contributed by atoms with Gasteiger partial charge >= 0.3 is 0 Å². The van der Waals surface area contributed by atoms with Crippen molar-refractivity contribution in [3.05, 3.63) is 47.1 Å². The average Bonchev–Trinajstić information content (AvgIpc) is 2.45. The van der Waals surface area contributed by atoms with Gasteiger partial charge in [-0.3, -0.25) is 19.8 Å². The lowest BCUT2D eigenvalue weighted by Crippen LogP contribution is -2.53. The van der Waals surface area contributed by atoms with Crippen LogP contribution in [0, 0.1) is 13.8 Å². The summed E-state index contributed by atoms with van der Waals surface area (Å²) in [6.45, 7) is 7.31. The molecule has 0 atom stereocenters. The number of phenols is 1. The van der Waals surface area contributed by atoms with Gasteiger partial charge in [0.25, 0.3) is 11.8 Å². The van der Waals surface area contributed by atoms with Gasteiger partial charge in [-0.25, -0.2) is 0 Å². The van der Waals surface area contributed by atoms with E-state index in [1.165, 1.54) is 17.1 Å². The molecule has 2 rings (SSSR count). The summed E-state index contributed by atoms with van der Waals surface area (Å²) >= 11 is 4.99. The second-order valence-corrected chi connectivity index (χ2v) is 5.41. The van der Waals surface area contributed by atoms with E-state index in [1.54, 1.807) is 26.0 Å². The SMILES string of the molecule is C=CCN1C(=O)/C(=C\c2cc(C)c(O)c(C)c2)C(=O)NC1=S. The molecule has 1 heterocycles. The summed E-state index contributed by atoms with van der Waals surface area (Å²) in [4.78, 5) is 25.7. The molecule has 0 unspecified atom stereocenters. The molecule has 0 saturated carbocycles. The highest BCUT2D eigenvalue weighted by Gasteiger charge is 2.32. The van der Waals surface area contributed by atoms with E-state index in [1.807, 2.05) is 0 Å². The van der Waals surface area contributed by atoms with Crippen molar-refractivity contribution in [1.29, 1.82) is 0 Å². The van der Waals surface area contributed by atoms with Crippen LogP contribution in [0.15, 0.2) is 30.4 Å². The first-order valence-electron chi connectivity index (χ1n) is 6.65. The molecular weight excluding hydrogens is 300 g/mol. The minimum absolute atomic E-state index is 0.0000557. The number of aromatic hydroxyl groups is 1. The first kappa shape index (κ1) is 15.9. The van der Waals surface area contributed by atoms with Crippen LogP contribution in [0.1, 0.15) is 16.7 Å². The van der Waals surface area contributed by atoms with Gasteiger partial charge < -0.3 is 5.11 Å². The van der Waals surface area contributed by atoms with Crippen LogP contribution in [0.2, 0.25) is 0 Å². The summed E-state index contributed by atoms with van der Waals surface area (Å²) in [6, 6.07) is 3.42. The normalized spacial score (nSPS) is 16.9. The molecule has 0 spiro atoms. The molecule has 0 radical (unpaired) electrons. The fourth-order valence-electron chi connectivity index (χ4n) is 2.23. The van der Waals surface area contributed by atoms with Crippen molar-refractivity contribution >= 4 is 35.2 Å². The monoisotopic (exact) mass is 316 g/mol. The Morgan fingerprint density at radius 2 is 1.91 bits per heavy atom. The molecule has 1 aromatic carbocycles.